The lowest BCUT2D eigenvalue weighted by Gasteiger charge is -2.60. The van der Waals surface area contributed by atoms with E-state index in [-0.39, 0.29) is 11.5 Å². The van der Waals surface area contributed by atoms with Crippen LogP contribution in [0.1, 0.15) is 78.6 Å². The Kier molecular flexibility index (Phi) is 3.72. The van der Waals surface area contributed by atoms with Crippen LogP contribution in [0.4, 0.5) is 0 Å². The molecule has 4 fully saturated rings. The van der Waals surface area contributed by atoms with Gasteiger partial charge in [-0.15, -0.1) is 0 Å². The molecule has 2 nitrogen and oxygen atoms in total. The van der Waals surface area contributed by atoms with E-state index in [4.69, 9.17) is 0 Å². The van der Waals surface area contributed by atoms with Gasteiger partial charge in [-0.1, -0.05) is 13.8 Å². The van der Waals surface area contributed by atoms with E-state index in [1.54, 1.807) is 0 Å². The first-order valence-electron chi connectivity index (χ1n) is 10.0. The number of carbonyl (C=O) groups is 1. The predicted molar refractivity (Wildman–Crippen MR) is 91.9 cm³/mol. The molecule has 0 spiro atoms. The topological polar surface area (TPSA) is 37.3 Å². The maximum absolute atomic E-state index is 12.2. The third-order valence-electron chi connectivity index (χ3n) is 9.13. The van der Waals surface area contributed by atoms with Gasteiger partial charge in [-0.05, 0) is 99.2 Å². The lowest BCUT2D eigenvalue weighted by molar-refractivity contribution is -0.138. The lowest BCUT2D eigenvalue weighted by atomic mass is 9.44. The minimum atomic E-state index is -0.0490. The highest BCUT2D eigenvalue weighted by Gasteiger charge is 2.60. The molecule has 0 aromatic heterocycles. The molecular formula is C21H34O2. The molecule has 0 aliphatic heterocycles. The summed E-state index contributed by atoms with van der Waals surface area (Å²) < 4.78 is 0. The summed E-state index contributed by atoms with van der Waals surface area (Å²) in [7, 11) is 0. The zero-order valence-corrected chi connectivity index (χ0v) is 15.2. The van der Waals surface area contributed by atoms with Crippen LogP contribution in [0, 0.1) is 40.4 Å². The van der Waals surface area contributed by atoms with Gasteiger partial charge in [-0.2, -0.15) is 0 Å². The normalized spacial score (nSPS) is 55.7. The van der Waals surface area contributed by atoms with E-state index >= 15 is 0 Å². The van der Waals surface area contributed by atoms with Crippen LogP contribution >= 0.6 is 0 Å². The van der Waals surface area contributed by atoms with E-state index < -0.39 is 0 Å². The fourth-order valence-electron chi connectivity index (χ4n) is 7.90. The molecule has 4 aliphatic rings. The number of fused-ring (bicyclic) bond motifs is 5. The Hall–Kier alpha value is -0.370. The maximum Gasteiger partial charge on any atom is 0.133 e. The average molecular weight is 319 g/mol. The molecule has 8 atom stereocenters. The Labute approximate surface area is 141 Å². The SMILES string of the molecule is CC(=O)[C@H]1CC[C@H]2[C@H]3CC[C@H]4C[C@H](O)CC[C@]4(C)[C@H]3CC[C@]12C. The molecule has 1 N–H and O–H groups in total. The minimum Gasteiger partial charge on any atom is -0.393 e. The van der Waals surface area contributed by atoms with E-state index in [1.165, 1.54) is 38.5 Å². The number of hydrogen-bond donors (Lipinski definition) is 1. The summed E-state index contributed by atoms with van der Waals surface area (Å²) in [5.41, 5.74) is 0.738. The summed E-state index contributed by atoms with van der Waals surface area (Å²) in [6.07, 6.45) is 10.9. The smallest absolute Gasteiger partial charge is 0.133 e. The Morgan fingerprint density at radius 1 is 0.913 bits per heavy atom. The zero-order chi connectivity index (χ0) is 16.4. The molecule has 0 saturated heterocycles. The van der Waals surface area contributed by atoms with E-state index in [0.29, 0.717) is 17.1 Å². The Morgan fingerprint density at radius 2 is 1.61 bits per heavy atom. The van der Waals surface area contributed by atoms with Crippen molar-refractivity contribution in [2.75, 3.05) is 0 Å². The third kappa shape index (κ3) is 2.19. The van der Waals surface area contributed by atoms with Gasteiger partial charge in [0.25, 0.3) is 0 Å². The standard InChI is InChI=1S/C21H34O2/c1-13(22)17-6-7-18-16-5-4-14-12-15(23)8-10-20(14,2)19(16)9-11-21(17,18)3/h14-19,23H,4-12H2,1-3H3/t14-,15+,16+,17+,18-,19-,20-,21+/m0/s1. The van der Waals surface area contributed by atoms with Crippen LogP contribution in [0.25, 0.3) is 0 Å². The van der Waals surface area contributed by atoms with Crippen molar-refractivity contribution in [3.8, 4) is 0 Å². The molecule has 4 aliphatic carbocycles. The van der Waals surface area contributed by atoms with Crippen LogP contribution in [0.3, 0.4) is 0 Å². The van der Waals surface area contributed by atoms with Gasteiger partial charge in [0.2, 0.25) is 0 Å². The van der Waals surface area contributed by atoms with Crippen molar-refractivity contribution < 1.29 is 9.90 Å². The highest BCUT2D eigenvalue weighted by atomic mass is 16.3. The number of aliphatic hydroxyl groups is 1. The number of carbonyl (C=O) groups excluding carboxylic acids is 1. The molecule has 0 aromatic rings. The zero-order valence-electron chi connectivity index (χ0n) is 15.2. The molecule has 4 saturated carbocycles. The van der Waals surface area contributed by atoms with Crippen molar-refractivity contribution in [1.29, 1.82) is 0 Å². The van der Waals surface area contributed by atoms with Gasteiger partial charge >= 0.3 is 0 Å². The summed E-state index contributed by atoms with van der Waals surface area (Å²) in [5.74, 6) is 3.97. The van der Waals surface area contributed by atoms with Crippen molar-refractivity contribution >= 4 is 5.78 Å². The highest BCUT2D eigenvalue weighted by molar-refractivity contribution is 5.79. The van der Waals surface area contributed by atoms with Crippen molar-refractivity contribution in [2.45, 2.75) is 84.7 Å². The van der Waals surface area contributed by atoms with Gasteiger partial charge in [0, 0.05) is 5.92 Å². The number of Topliss-reactive ketones (excluding diaryl/α,β-unsaturated/α-hetero) is 1. The lowest BCUT2D eigenvalue weighted by Crippen LogP contribution is -2.54. The molecule has 0 radical (unpaired) electrons. The van der Waals surface area contributed by atoms with Crippen molar-refractivity contribution in [1.82, 2.24) is 0 Å². The molecule has 0 heterocycles. The average Bonchev–Trinajstić information content (AvgIpc) is 2.85. The summed E-state index contributed by atoms with van der Waals surface area (Å²) in [6.45, 7) is 6.80. The number of hydrogen-bond acceptors (Lipinski definition) is 2. The van der Waals surface area contributed by atoms with Crippen LogP contribution in [0.15, 0.2) is 0 Å². The molecule has 0 amide bonds. The summed E-state index contributed by atoms with van der Waals surface area (Å²) >= 11 is 0. The summed E-state index contributed by atoms with van der Waals surface area (Å²) in [4.78, 5) is 12.2. The molecule has 0 bridgehead atoms. The van der Waals surface area contributed by atoms with E-state index in [1.807, 2.05) is 6.92 Å². The number of rotatable bonds is 1. The van der Waals surface area contributed by atoms with Gasteiger partial charge in [-0.3, -0.25) is 4.79 Å². The molecule has 0 unspecified atom stereocenters. The first-order chi connectivity index (χ1) is 10.9. The van der Waals surface area contributed by atoms with E-state index in [0.717, 1.165) is 42.9 Å². The second kappa shape index (κ2) is 5.31. The minimum absolute atomic E-state index is 0.0490. The molecule has 0 aromatic carbocycles. The fraction of sp³-hybridized carbons (Fsp3) is 0.952. The second-order valence-corrected chi connectivity index (χ2v) is 9.87. The first kappa shape index (κ1) is 16.1. The third-order valence-corrected chi connectivity index (χ3v) is 9.13. The van der Waals surface area contributed by atoms with E-state index in [9.17, 15) is 9.90 Å². The summed E-state index contributed by atoms with van der Waals surface area (Å²) in [6, 6.07) is 0. The van der Waals surface area contributed by atoms with Gasteiger partial charge in [0.05, 0.1) is 6.10 Å². The highest BCUT2D eigenvalue weighted by Crippen LogP contribution is 2.67. The Balaban J connectivity index is 1.61. The van der Waals surface area contributed by atoms with Crippen molar-refractivity contribution in [3.05, 3.63) is 0 Å². The monoisotopic (exact) mass is 318 g/mol. The van der Waals surface area contributed by atoms with Crippen molar-refractivity contribution in [3.63, 3.8) is 0 Å². The largest absolute Gasteiger partial charge is 0.393 e. The van der Waals surface area contributed by atoms with Crippen LogP contribution in [0.5, 0.6) is 0 Å². The van der Waals surface area contributed by atoms with Gasteiger partial charge in [0.1, 0.15) is 5.78 Å². The predicted octanol–water partition coefficient (Wildman–Crippen LogP) is 4.60. The van der Waals surface area contributed by atoms with Crippen LogP contribution in [-0.4, -0.2) is 17.0 Å². The molecular weight excluding hydrogens is 284 g/mol. The Bertz CT molecular complexity index is 500. The van der Waals surface area contributed by atoms with E-state index in [2.05, 4.69) is 13.8 Å². The van der Waals surface area contributed by atoms with Gasteiger partial charge in [0.15, 0.2) is 0 Å². The summed E-state index contributed by atoms with van der Waals surface area (Å²) in [5, 5.41) is 10.1. The Morgan fingerprint density at radius 3 is 2.35 bits per heavy atom. The second-order valence-electron chi connectivity index (χ2n) is 9.87. The van der Waals surface area contributed by atoms with Gasteiger partial charge < -0.3 is 5.11 Å². The maximum atomic E-state index is 12.2. The van der Waals surface area contributed by atoms with Crippen LogP contribution < -0.4 is 0 Å². The number of aliphatic hydroxyl groups excluding tert-OH is 1. The molecule has 23 heavy (non-hydrogen) atoms. The first-order valence-corrected chi connectivity index (χ1v) is 10.0. The number of ketones is 1. The molecule has 130 valence electrons. The quantitative estimate of drug-likeness (QED) is 0.767. The molecule has 4 rings (SSSR count). The van der Waals surface area contributed by atoms with Crippen LogP contribution in [0.2, 0.25) is 0 Å². The van der Waals surface area contributed by atoms with Crippen molar-refractivity contribution in [2.24, 2.45) is 40.4 Å². The molecule has 2 heteroatoms. The van der Waals surface area contributed by atoms with Crippen LogP contribution in [-0.2, 0) is 4.79 Å². The fourth-order valence-corrected chi connectivity index (χ4v) is 7.90. The van der Waals surface area contributed by atoms with Gasteiger partial charge in [-0.25, -0.2) is 0 Å².